The zero-order valence-electron chi connectivity index (χ0n) is 10.0. The Morgan fingerprint density at radius 1 is 1.44 bits per heavy atom. The Morgan fingerprint density at radius 2 is 2.11 bits per heavy atom. The van der Waals surface area contributed by atoms with E-state index in [4.69, 9.17) is 11.6 Å². The van der Waals surface area contributed by atoms with Crippen LogP contribution >= 0.6 is 11.6 Å². The molecule has 0 bridgehead atoms. The third-order valence-corrected chi connectivity index (χ3v) is 3.94. The molecule has 0 radical (unpaired) electrons. The summed E-state index contributed by atoms with van der Waals surface area (Å²) in [6.45, 7) is 1.86. The van der Waals surface area contributed by atoms with Gasteiger partial charge in [-0.3, -0.25) is 4.79 Å². The van der Waals surface area contributed by atoms with Crippen molar-refractivity contribution in [1.29, 1.82) is 0 Å². The molecule has 0 saturated heterocycles. The number of rotatable bonds is 4. The molecule has 2 rings (SSSR count). The third-order valence-electron chi connectivity index (χ3n) is 3.38. The fourth-order valence-corrected chi connectivity index (χ4v) is 2.12. The van der Waals surface area contributed by atoms with Crippen LogP contribution in [0.15, 0.2) is 12.1 Å². The Morgan fingerprint density at radius 3 is 2.67 bits per heavy atom. The molecule has 1 aliphatic carbocycles. The number of amides is 1. The molecule has 0 spiro atoms. The van der Waals surface area contributed by atoms with Crippen molar-refractivity contribution in [2.24, 2.45) is 5.41 Å². The summed E-state index contributed by atoms with van der Waals surface area (Å²) in [5.41, 5.74) is -0.339. The maximum absolute atomic E-state index is 13.7. The maximum atomic E-state index is 13.7. The van der Waals surface area contributed by atoms with Crippen LogP contribution in [-0.4, -0.2) is 18.3 Å². The molecule has 98 valence electrons. The molecule has 1 amide bonds. The van der Waals surface area contributed by atoms with Gasteiger partial charge in [0, 0.05) is 17.8 Å². The van der Waals surface area contributed by atoms with Gasteiger partial charge in [0.05, 0.1) is 0 Å². The first-order chi connectivity index (χ1) is 8.49. The first kappa shape index (κ1) is 13.3. The van der Waals surface area contributed by atoms with Crippen molar-refractivity contribution in [2.75, 3.05) is 12.4 Å². The van der Waals surface area contributed by atoms with Crippen LogP contribution in [0, 0.1) is 24.0 Å². The molecule has 0 aromatic heterocycles. The van der Waals surface area contributed by atoms with Crippen LogP contribution in [0.2, 0.25) is 0 Å². The first-order valence-electron chi connectivity index (χ1n) is 5.78. The fraction of sp³-hybridized carbons (Fsp3) is 0.462. The van der Waals surface area contributed by atoms with Gasteiger partial charge in [0.2, 0.25) is 0 Å². The summed E-state index contributed by atoms with van der Waals surface area (Å²) < 4.78 is 27.2. The molecule has 2 nitrogen and oxygen atoms in total. The van der Waals surface area contributed by atoms with Crippen LogP contribution in [0.25, 0.3) is 0 Å². The monoisotopic (exact) mass is 273 g/mol. The third kappa shape index (κ3) is 2.48. The number of halogens is 3. The molecule has 1 aromatic rings. The molecule has 5 heteroatoms. The van der Waals surface area contributed by atoms with Crippen LogP contribution in [0.4, 0.5) is 8.78 Å². The summed E-state index contributed by atoms with van der Waals surface area (Å²) in [6.07, 6.45) is 1.88. The van der Waals surface area contributed by atoms with E-state index in [1.165, 1.54) is 13.0 Å². The van der Waals surface area contributed by atoms with E-state index >= 15 is 0 Å². The van der Waals surface area contributed by atoms with Crippen molar-refractivity contribution in [2.45, 2.75) is 19.8 Å². The Labute approximate surface area is 109 Å². The van der Waals surface area contributed by atoms with Gasteiger partial charge in [-0.2, -0.15) is 0 Å². The second-order valence-electron chi connectivity index (χ2n) is 4.87. The van der Waals surface area contributed by atoms with E-state index in [0.29, 0.717) is 12.4 Å². The zero-order valence-corrected chi connectivity index (χ0v) is 10.8. The molecule has 1 aliphatic rings. The molecule has 0 heterocycles. The number of carbonyl (C=O) groups is 1. The number of alkyl halides is 1. The van der Waals surface area contributed by atoms with E-state index in [1.54, 1.807) is 0 Å². The molecule has 1 saturated carbocycles. The Bertz CT molecular complexity index is 486. The van der Waals surface area contributed by atoms with Crippen molar-refractivity contribution in [3.8, 4) is 0 Å². The van der Waals surface area contributed by atoms with E-state index in [0.717, 1.165) is 18.9 Å². The predicted octanol–water partition coefficient (Wildman–Crippen LogP) is 3.02. The van der Waals surface area contributed by atoms with Gasteiger partial charge >= 0.3 is 0 Å². The lowest BCUT2D eigenvalue weighted by molar-refractivity contribution is 0.0937. The van der Waals surface area contributed by atoms with Gasteiger partial charge in [-0.1, -0.05) is 6.07 Å². The number of hydrogen-bond donors (Lipinski definition) is 1. The number of nitrogens with one attached hydrogen (secondary N) is 1. The highest BCUT2D eigenvalue weighted by atomic mass is 35.5. The summed E-state index contributed by atoms with van der Waals surface area (Å²) >= 11 is 5.77. The minimum absolute atomic E-state index is 0.0754. The van der Waals surface area contributed by atoms with Crippen molar-refractivity contribution in [1.82, 2.24) is 5.32 Å². The van der Waals surface area contributed by atoms with Gasteiger partial charge in [0.15, 0.2) is 0 Å². The topological polar surface area (TPSA) is 29.1 Å². The first-order valence-corrected chi connectivity index (χ1v) is 6.31. The second-order valence-corrected chi connectivity index (χ2v) is 5.14. The molecule has 0 unspecified atom stereocenters. The highest BCUT2D eigenvalue weighted by molar-refractivity contribution is 6.18. The predicted molar refractivity (Wildman–Crippen MR) is 65.8 cm³/mol. The summed E-state index contributed by atoms with van der Waals surface area (Å²) in [5, 5.41) is 2.56. The molecule has 1 fully saturated rings. The zero-order chi connectivity index (χ0) is 13.3. The van der Waals surface area contributed by atoms with E-state index < -0.39 is 23.1 Å². The average molecular weight is 274 g/mol. The lowest BCUT2D eigenvalue weighted by atomic mass is 10.1. The SMILES string of the molecule is Cc1ccc(F)c(C(=O)NCC2(CCl)CC2)c1F. The molecule has 0 aliphatic heterocycles. The van der Waals surface area contributed by atoms with Crippen molar-refractivity contribution >= 4 is 17.5 Å². The fourth-order valence-electron chi connectivity index (χ4n) is 1.76. The molecule has 18 heavy (non-hydrogen) atoms. The lowest BCUT2D eigenvalue weighted by Crippen LogP contribution is -2.32. The minimum Gasteiger partial charge on any atom is -0.351 e. The molecular formula is C13H14ClF2NO. The van der Waals surface area contributed by atoms with E-state index in [2.05, 4.69) is 5.32 Å². The van der Waals surface area contributed by atoms with Crippen molar-refractivity contribution < 1.29 is 13.6 Å². The van der Waals surface area contributed by atoms with E-state index in [1.807, 2.05) is 0 Å². The van der Waals surface area contributed by atoms with E-state index in [9.17, 15) is 13.6 Å². The molecule has 1 aromatic carbocycles. The van der Waals surface area contributed by atoms with Gasteiger partial charge in [-0.15, -0.1) is 11.6 Å². The van der Waals surface area contributed by atoms with Gasteiger partial charge in [-0.25, -0.2) is 8.78 Å². The maximum Gasteiger partial charge on any atom is 0.257 e. The number of carbonyl (C=O) groups excluding carboxylic acids is 1. The number of benzene rings is 1. The van der Waals surface area contributed by atoms with Crippen LogP contribution in [0.3, 0.4) is 0 Å². The lowest BCUT2D eigenvalue weighted by Gasteiger charge is -2.13. The van der Waals surface area contributed by atoms with Crippen LogP contribution in [-0.2, 0) is 0 Å². The summed E-state index contributed by atoms with van der Waals surface area (Å²) in [4.78, 5) is 11.8. The van der Waals surface area contributed by atoms with E-state index in [-0.39, 0.29) is 11.0 Å². The van der Waals surface area contributed by atoms with Gasteiger partial charge in [-0.05, 0) is 31.4 Å². The van der Waals surface area contributed by atoms with Gasteiger partial charge < -0.3 is 5.32 Å². The largest absolute Gasteiger partial charge is 0.351 e. The Balaban J connectivity index is 2.12. The van der Waals surface area contributed by atoms with Crippen molar-refractivity contribution in [3.63, 3.8) is 0 Å². The summed E-state index contributed by atoms with van der Waals surface area (Å²) in [7, 11) is 0. The Kier molecular flexibility index (Phi) is 3.57. The standard InChI is InChI=1S/C13H14ClF2NO/c1-8-2-3-9(15)10(11(8)16)12(18)17-7-13(6-14)4-5-13/h2-3H,4-7H2,1H3,(H,17,18). The molecule has 1 N–H and O–H groups in total. The Hall–Kier alpha value is -1.16. The minimum atomic E-state index is -0.841. The second kappa shape index (κ2) is 4.84. The highest BCUT2D eigenvalue weighted by Crippen LogP contribution is 2.45. The van der Waals surface area contributed by atoms with Crippen LogP contribution < -0.4 is 5.32 Å². The van der Waals surface area contributed by atoms with Crippen LogP contribution in [0.1, 0.15) is 28.8 Å². The summed E-state index contributed by atoms with van der Waals surface area (Å²) in [5.74, 6) is -1.91. The molecular weight excluding hydrogens is 260 g/mol. The highest BCUT2D eigenvalue weighted by Gasteiger charge is 2.42. The molecule has 0 atom stereocenters. The number of aryl methyl sites for hydroxylation is 1. The smallest absolute Gasteiger partial charge is 0.257 e. The summed E-state index contributed by atoms with van der Waals surface area (Å²) in [6, 6.07) is 2.41. The van der Waals surface area contributed by atoms with Crippen LogP contribution in [0.5, 0.6) is 0 Å². The normalized spacial score (nSPS) is 16.4. The average Bonchev–Trinajstić information content (AvgIpc) is 3.13. The van der Waals surface area contributed by atoms with Gasteiger partial charge in [0.1, 0.15) is 17.2 Å². The number of hydrogen-bond acceptors (Lipinski definition) is 1. The van der Waals surface area contributed by atoms with Gasteiger partial charge in [0.25, 0.3) is 5.91 Å². The quantitative estimate of drug-likeness (QED) is 0.840. The van der Waals surface area contributed by atoms with Crippen molar-refractivity contribution in [3.05, 3.63) is 34.9 Å².